The van der Waals surface area contributed by atoms with Gasteiger partial charge in [0, 0.05) is 18.5 Å². The molecule has 0 aromatic carbocycles. The summed E-state index contributed by atoms with van der Waals surface area (Å²) in [6.45, 7) is 4.17. The van der Waals surface area contributed by atoms with E-state index in [2.05, 4.69) is 10.3 Å². The van der Waals surface area contributed by atoms with Crippen LogP contribution in [0.25, 0.3) is 0 Å². The Hall–Kier alpha value is -1.07. The molecule has 1 amide bonds. The molecule has 5 heteroatoms. The van der Waals surface area contributed by atoms with Crippen LogP contribution in [0.1, 0.15) is 19.5 Å². The highest BCUT2D eigenvalue weighted by atomic mass is 32.2. The summed E-state index contributed by atoms with van der Waals surface area (Å²) in [6, 6.07) is 5.74. The molecule has 0 radical (unpaired) electrons. The average molecular weight is 268 g/mol. The Morgan fingerprint density at radius 3 is 2.89 bits per heavy atom. The molecule has 0 spiro atoms. The molecule has 0 aliphatic rings. The predicted octanol–water partition coefficient (Wildman–Crippen LogP) is 1.45. The molecule has 1 aromatic rings. The Kier molecular flexibility index (Phi) is 6.75. The van der Waals surface area contributed by atoms with Crippen molar-refractivity contribution >= 4 is 17.7 Å². The lowest BCUT2D eigenvalue weighted by molar-refractivity contribution is -0.119. The van der Waals surface area contributed by atoms with E-state index in [9.17, 15) is 9.90 Å². The number of hydrogen-bond acceptors (Lipinski definition) is 4. The lowest BCUT2D eigenvalue weighted by Gasteiger charge is -2.14. The smallest absolute Gasteiger partial charge is 0.230 e. The van der Waals surface area contributed by atoms with E-state index in [0.717, 1.165) is 11.4 Å². The van der Waals surface area contributed by atoms with Gasteiger partial charge in [0.05, 0.1) is 17.6 Å². The maximum Gasteiger partial charge on any atom is 0.230 e. The fraction of sp³-hybridized carbons (Fsp3) is 0.538. The zero-order valence-corrected chi connectivity index (χ0v) is 11.6. The normalized spacial score (nSPS) is 12.4. The molecule has 18 heavy (non-hydrogen) atoms. The number of aliphatic hydroxyl groups is 1. The molecule has 1 unspecified atom stereocenters. The minimum absolute atomic E-state index is 0.0457. The molecular formula is C13H20N2O2S. The van der Waals surface area contributed by atoms with Crippen LogP contribution in [0.5, 0.6) is 0 Å². The van der Waals surface area contributed by atoms with E-state index < -0.39 is 6.10 Å². The Bertz CT molecular complexity index is 357. The zero-order chi connectivity index (χ0) is 13.4. The summed E-state index contributed by atoms with van der Waals surface area (Å²) >= 11 is 1.52. The number of carbonyl (C=O) groups is 1. The van der Waals surface area contributed by atoms with E-state index >= 15 is 0 Å². The standard InChI is InChI=1S/C13H20N2O2S/c1-10(2)12(16)7-15-13(17)9-18-8-11-5-3-4-6-14-11/h3-6,10,12,16H,7-9H2,1-2H3,(H,15,17). The summed E-state index contributed by atoms with van der Waals surface area (Å²) in [7, 11) is 0. The van der Waals surface area contributed by atoms with E-state index in [1.807, 2.05) is 32.0 Å². The number of hydrogen-bond donors (Lipinski definition) is 2. The van der Waals surface area contributed by atoms with Crippen LogP contribution in [-0.2, 0) is 10.5 Å². The molecule has 0 saturated heterocycles. The number of pyridine rings is 1. The second-order valence-corrected chi connectivity index (χ2v) is 5.41. The monoisotopic (exact) mass is 268 g/mol. The maximum absolute atomic E-state index is 11.5. The van der Waals surface area contributed by atoms with Crippen LogP contribution < -0.4 is 5.32 Å². The van der Waals surface area contributed by atoms with Gasteiger partial charge in [-0.2, -0.15) is 0 Å². The molecule has 0 saturated carbocycles. The third-order valence-electron chi connectivity index (χ3n) is 2.49. The van der Waals surface area contributed by atoms with Crippen LogP contribution in [-0.4, -0.2) is 34.4 Å². The molecule has 1 aromatic heterocycles. The number of rotatable bonds is 7. The van der Waals surface area contributed by atoms with Gasteiger partial charge in [0.25, 0.3) is 0 Å². The summed E-state index contributed by atoms with van der Waals surface area (Å²) < 4.78 is 0. The second kappa shape index (κ2) is 8.11. The van der Waals surface area contributed by atoms with Crippen molar-refractivity contribution in [3.8, 4) is 0 Å². The van der Waals surface area contributed by atoms with E-state index in [-0.39, 0.29) is 11.8 Å². The maximum atomic E-state index is 11.5. The van der Waals surface area contributed by atoms with Crippen LogP contribution in [0.4, 0.5) is 0 Å². The molecule has 0 aliphatic carbocycles. The Labute approximate surface area is 112 Å². The molecule has 0 fully saturated rings. The van der Waals surface area contributed by atoms with E-state index in [4.69, 9.17) is 0 Å². The van der Waals surface area contributed by atoms with Crippen LogP contribution in [0.15, 0.2) is 24.4 Å². The fourth-order valence-electron chi connectivity index (χ4n) is 1.24. The summed E-state index contributed by atoms with van der Waals surface area (Å²) in [4.78, 5) is 15.7. The lowest BCUT2D eigenvalue weighted by Crippen LogP contribution is -2.35. The Balaban J connectivity index is 2.14. The second-order valence-electron chi connectivity index (χ2n) is 4.43. The van der Waals surface area contributed by atoms with Gasteiger partial charge in [0.2, 0.25) is 5.91 Å². The molecule has 1 rings (SSSR count). The van der Waals surface area contributed by atoms with Gasteiger partial charge in [-0.15, -0.1) is 11.8 Å². The van der Waals surface area contributed by atoms with Crippen LogP contribution >= 0.6 is 11.8 Å². The minimum Gasteiger partial charge on any atom is -0.391 e. The van der Waals surface area contributed by atoms with Gasteiger partial charge < -0.3 is 10.4 Å². The summed E-state index contributed by atoms with van der Waals surface area (Å²) in [5, 5.41) is 12.3. The number of aromatic nitrogens is 1. The number of nitrogens with zero attached hydrogens (tertiary/aromatic N) is 1. The van der Waals surface area contributed by atoms with Gasteiger partial charge in [-0.3, -0.25) is 9.78 Å². The third-order valence-corrected chi connectivity index (χ3v) is 3.45. The van der Waals surface area contributed by atoms with E-state index in [1.165, 1.54) is 11.8 Å². The minimum atomic E-state index is -0.477. The third kappa shape index (κ3) is 6.02. The first-order chi connectivity index (χ1) is 8.59. The SMILES string of the molecule is CC(C)C(O)CNC(=O)CSCc1ccccn1. The number of nitrogens with one attached hydrogen (secondary N) is 1. The molecule has 100 valence electrons. The number of thioether (sulfide) groups is 1. The van der Waals surface area contributed by atoms with Crippen molar-refractivity contribution in [3.05, 3.63) is 30.1 Å². The highest BCUT2D eigenvalue weighted by molar-refractivity contribution is 7.99. The molecular weight excluding hydrogens is 248 g/mol. The zero-order valence-electron chi connectivity index (χ0n) is 10.8. The van der Waals surface area contributed by atoms with Gasteiger partial charge in [-0.05, 0) is 18.1 Å². The van der Waals surface area contributed by atoms with Gasteiger partial charge in [-0.25, -0.2) is 0 Å². The van der Waals surface area contributed by atoms with Gasteiger partial charge in [0.1, 0.15) is 0 Å². The summed E-state index contributed by atoms with van der Waals surface area (Å²) in [5.41, 5.74) is 0.970. The average Bonchev–Trinajstić information content (AvgIpc) is 2.37. The van der Waals surface area contributed by atoms with Crippen molar-refractivity contribution in [1.29, 1.82) is 0 Å². The fourth-order valence-corrected chi connectivity index (χ4v) is 2.01. The van der Waals surface area contributed by atoms with Crippen LogP contribution in [0, 0.1) is 5.92 Å². The van der Waals surface area contributed by atoms with E-state index in [1.54, 1.807) is 6.20 Å². The molecule has 4 nitrogen and oxygen atoms in total. The predicted molar refractivity (Wildman–Crippen MR) is 74.3 cm³/mol. The van der Waals surface area contributed by atoms with Crippen molar-refractivity contribution in [2.45, 2.75) is 25.7 Å². The number of amides is 1. The number of carbonyl (C=O) groups excluding carboxylic acids is 1. The number of aliphatic hydroxyl groups excluding tert-OH is 1. The molecule has 0 bridgehead atoms. The van der Waals surface area contributed by atoms with Crippen LogP contribution in [0.2, 0.25) is 0 Å². The highest BCUT2D eigenvalue weighted by Gasteiger charge is 2.10. The topological polar surface area (TPSA) is 62.2 Å². The largest absolute Gasteiger partial charge is 0.391 e. The molecule has 2 N–H and O–H groups in total. The van der Waals surface area contributed by atoms with Crippen molar-refractivity contribution in [1.82, 2.24) is 10.3 Å². The van der Waals surface area contributed by atoms with Crippen molar-refractivity contribution in [3.63, 3.8) is 0 Å². The first-order valence-corrected chi connectivity index (χ1v) is 7.17. The van der Waals surface area contributed by atoms with Crippen molar-refractivity contribution in [2.24, 2.45) is 5.92 Å². The highest BCUT2D eigenvalue weighted by Crippen LogP contribution is 2.08. The lowest BCUT2D eigenvalue weighted by atomic mass is 10.1. The van der Waals surface area contributed by atoms with Gasteiger partial charge in [-0.1, -0.05) is 19.9 Å². The van der Waals surface area contributed by atoms with Crippen molar-refractivity contribution < 1.29 is 9.90 Å². The summed E-state index contributed by atoms with van der Waals surface area (Å²) in [6.07, 6.45) is 1.27. The Morgan fingerprint density at radius 2 is 2.28 bits per heavy atom. The first-order valence-electron chi connectivity index (χ1n) is 6.02. The van der Waals surface area contributed by atoms with E-state index in [0.29, 0.717) is 12.3 Å². The quantitative estimate of drug-likeness (QED) is 0.785. The summed E-state index contributed by atoms with van der Waals surface area (Å²) in [5.74, 6) is 1.23. The van der Waals surface area contributed by atoms with Gasteiger partial charge >= 0.3 is 0 Å². The molecule has 1 heterocycles. The van der Waals surface area contributed by atoms with Crippen molar-refractivity contribution in [2.75, 3.05) is 12.3 Å². The van der Waals surface area contributed by atoms with Crippen LogP contribution in [0.3, 0.4) is 0 Å². The molecule has 0 aliphatic heterocycles. The Morgan fingerprint density at radius 1 is 1.50 bits per heavy atom. The van der Waals surface area contributed by atoms with Gasteiger partial charge in [0.15, 0.2) is 0 Å². The first kappa shape index (κ1) is 15.0. The molecule has 1 atom stereocenters.